The van der Waals surface area contributed by atoms with Crippen LogP contribution >= 0.6 is 0 Å². The van der Waals surface area contributed by atoms with Crippen LogP contribution in [0.3, 0.4) is 0 Å². The van der Waals surface area contributed by atoms with E-state index in [9.17, 15) is 8.42 Å². The number of ether oxygens (including phenoxy) is 2. The molecular formula is C14H15NO4S. The molecule has 0 radical (unpaired) electrons. The normalized spacial score (nSPS) is 11.2. The molecule has 0 saturated heterocycles. The highest BCUT2D eigenvalue weighted by Crippen LogP contribution is 2.33. The lowest BCUT2D eigenvalue weighted by Gasteiger charge is -2.11. The first-order valence-electron chi connectivity index (χ1n) is 5.81. The number of sulfonamides is 1. The number of primary sulfonamides is 1. The van der Waals surface area contributed by atoms with E-state index in [0.29, 0.717) is 11.3 Å². The Bertz CT molecular complexity index is 726. The standard InChI is InChI=1S/C14H15NO4S/c1-18-12-6-4-3-5-11(12)10-7-8-13(19-2)14(9-10)20(15,16)17/h3-9H,1-2H3,(H2,15,16,17). The molecule has 0 aromatic heterocycles. The summed E-state index contributed by atoms with van der Waals surface area (Å²) in [6.45, 7) is 0. The molecule has 2 N–H and O–H groups in total. The molecule has 0 amide bonds. The highest BCUT2D eigenvalue weighted by Gasteiger charge is 2.17. The van der Waals surface area contributed by atoms with Crippen LogP contribution in [0.5, 0.6) is 11.5 Å². The molecule has 6 heteroatoms. The highest BCUT2D eigenvalue weighted by molar-refractivity contribution is 7.89. The van der Waals surface area contributed by atoms with Crippen LogP contribution in [-0.2, 0) is 10.0 Å². The molecule has 5 nitrogen and oxygen atoms in total. The van der Waals surface area contributed by atoms with E-state index in [1.807, 2.05) is 18.2 Å². The fourth-order valence-corrected chi connectivity index (χ4v) is 2.67. The van der Waals surface area contributed by atoms with Gasteiger partial charge in [0, 0.05) is 5.56 Å². The van der Waals surface area contributed by atoms with Crippen molar-refractivity contribution in [3.63, 3.8) is 0 Å². The number of para-hydroxylation sites is 1. The van der Waals surface area contributed by atoms with Gasteiger partial charge in [0.15, 0.2) is 0 Å². The second-order valence-corrected chi connectivity index (χ2v) is 5.64. The van der Waals surface area contributed by atoms with E-state index in [1.54, 1.807) is 25.3 Å². The first kappa shape index (κ1) is 14.4. The summed E-state index contributed by atoms with van der Waals surface area (Å²) < 4.78 is 33.5. The Hall–Kier alpha value is -2.05. The van der Waals surface area contributed by atoms with Gasteiger partial charge in [-0.25, -0.2) is 13.6 Å². The Kier molecular flexibility index (Phi) is 3.96. The molecule has 0 bridgehead atoms. The molecule has 2 aromatic rings. The third-order valence-electron chi connectivity index (χ3n) is 2.89. The Morgan fingerprint density at radius 3 is 2.20 bits per heavy atom. The molecule has 20 heavy (non-hydrogen) atoms. The van der Waals surface area contributed by atoms with Crippen LogP contribution in [0.2, 0.25) is 0 Å². The lowest BCUT2D eigenvalue weighted by Crippen LogP contribution is -2.13. The van der Waals surface area contributed by atoms with Crippen molar-refractivity contribution < 1.29 is 17.9 Å². The van der Waals surface area contributed by atoms with Crippen LogP contribution in [-0.4, -0.2) is 22.6 Å². The molecule has 0 saturated carbocycles. The van der Waals surface area contributed by atoms with E-state index in [-0.39, 0.29) is 10.6 Å². The van der Waals surface area contributed by atoms with Gasteiger partial charge in [0.1, 0.15) is 16.4 Å². The van der Waals surface area contributed by atoms with Gasteiger partial charge in [-0.3, -0.25) is 0 Å². The van der Waals surface area contributed by atoms with Crippen molar-refractivity contribution in [1.29, 1.82) is 0 Å². The van der Waals surface area contributed by atoms with Gasteiger partial charge in [-0.2, -0.15) is 0 Å². The summed E-state index contributed by atoms with van der Waals surface area (Å²) >= 11 is 0. The van der Waals surface area contributed by atoms with Crippen molar-refractivity contribution in [3.8, 4) is 22.6 Å². The second-order valence-electron chi connectivity index (χ2n) is 4.11. The first-order valence-corrected chi connectivity index (χ1v) is 7.36. The van der Waals surface area contributed by atoms with Gasteiger partial charge >= 0.3 is 0 Å². The molecule has 0 heterocycles. The first-order chi connectivity index (χ1) is 9.47. The lowest BCUT2D eigenvalue weighted by atomic mass is 10.0. The Labute approximate surface area is 118 Å². The third kappa shape index (κ3) is 2.76. The number of rotatable bonds is 4. The molecule has 0 aliphatic rings. The number of hydrogen-bond donors (Lipinski definition) is 1. The average Bonchev–Trinajstić information content (AvgIpc) is 2.45. The van der Waals surface area contributed by atoms with Crippen LogP contribution in [0.4, 0.5) is 0 Å². The molecule has 2 rings (SSSR count). The monoisotopic (exact) mass is 293 g/mol. The zero-order chi connectivity index (χ0) is 14.8. The maximum absolute atomic E-state index is 11.6. The lowest BCUT2D eigenvalue weighted by molar-refractivity contribution is 0.402. The topological polar surface area (TPSA) is 78.6 Å². The fourth-order valence-electron chi connectivity index (χ4n) is 1.95. The zero-order valence-electron chi connectivity index (χ0n) is 11.2. The smallest absolute Gasteiger partial charge is 0.241 e. The van der Waals surface area contributed by atoms with Crippen LogP contribution in [0.1, 0.15) is 0 Å². The molecule has 106 valence electrons. The molecule has 0 aliphatic heterocycles. The quantitative estimate of drug-likeness (QED) is 0.935. The summed E-state index contributed by atoms with van der Waals surface area (Å²) in [5.41, 5.74) is 1.47. The number of methoxy groups -OCH3 is 2. The van der Waals surface area contributed by atoms with Gasteiger partial charge in [-0.15, -0.1) is 0 Å². The molecule has 0 atom stereocenters. The summed E-state index contributed by atoms with van der Waals surface area (Å²) in [4.78, 5) is -0.0524. The fraction of sp³-hybridized carbons (Fsp3) is 0.143. The van der Waals surface area contributed by atoms with Crippen molar-refractivity contribution in [1.82, 2.24) is 0 Å². The predicted molar refractivity (Wildman–Crippen MR) is 76.4 cm³/mol. The Balaban J connectivity index is 2.65. The molecular weight excluding hydrogens is 278 g/mol. The van der Waals surface area contributed by atoms with Crippen LogP contribution < -0.4 is 14.6 Å². The third-order valence-corrected chi connectivity index (χ3v) is 3.82. The minimum Gasteiger partial charge on any atom is -0.496 e. The van der Waals surface area contributed by atoms with Crippen LogP contribution in [0.25, 0.3) is 11.1 Å². The molecule has 0 fully saturated rings. The summed E-state index contributed by atoms with van der Waals surface area (Å²) in [5, 5.41) is 5.21. The summed E-state index contributed by atoms with van der Waals surface area (Å²) in [6.07, 6.45) is 0. The highest BCUT2D eigenvalue weighted by atomic mass is 32.2. The average molecular weight is 293 g/mol. The van der Waals surface area contributed by atoms with E-state index in [4.69, 9.17) is 14.6 Å². The van der Waals surface area contributed by atoms with Crippen molar-refractivity contribution in [2.45, 2.75) is 4.90 Å². The maximum Gasteiger partial charge on any atom is 0.241 e. The summed E-state index contributed by atoms with van der Waals surface area (Å²) in [6, 6.07) is 12.1. The summed E-state index contributed by atoms with van der Waals surface area (Å²) in [7, 11) is -0.907. The van der Waals surface area contributed by atoms with E-state index in [2.05, 4.69) is 0 Å². The molecule has 2 aromatic carbocycles. The van der Waals surface area contributed by atoms with Gasteiger partial charge in [-0.1, -0.05) is 24.3 Å². The minimum atomic E-state index is -3.86. The van der Waals surface area contributed by atoms with E-state index in [1.165, 1.54) is 13.2 Å². The number of hydrogen-bond acceptors (Lipinski definition) is 4. The zero-order valence-corrected chi connectivity index (χ0v) is 12.0. The van der Waals surface area contributed by atoms with Crippen LogP contribution in [0, 0.1) is 0 Å². The van der Waals surface area contributed by atoms with E-state index >= 15 is 0 Å². The molecule has 0 unspecified atom stereocenters. The Morgan fingerprint density at radius 1 is 0.950 bits per heavy atom. The van der Waals surface area contributed by atoms with Gasteiger partial charge < -0.3 is 9.47 Å². The van der Waals surface area contributed by atoms with E-state index in [0.717, 1.165) is 5.56 Å². The predicted octanol–water partition coefficient (Wildman–Crippen LogP) is 2.02. The van der Waals surface area contributed by atoms with Gasteiger partial charge in [0.05, 0.1) is 14.2 Å². The molecule has 0 spiro atoms. The number of nitrogens with two attached hydrogens (primary N) is 1. The van der Waals surface area contributed by atoms with Gasteiger partial charge in [0.25, 0.3) is 0 Å². The summed E-state index contributed by atoms with van der Waals surface area (Å²) in [5.74, 6) is 0.865. The van der Waals surface area contributed by atoms with Crippen molar-refractivity contribution >= 4 is 10.0 Å². The number of benzene rings is 2. The van der Waals surface area contributed by atoms with Crippen molar-refractivity contribution in [3.05, 3.63) is 42.5 Å². The van der Waals surface area contributed by atoms with Crippen molar-refractivity contribution in [2.24, 2.45) is 5.14 Å². The minimum absolute atomic E-state index is 0.0524. The van der Waals surface area contributed by atoms with Crippen molar-refractivity contribution in [2.75, 3.05) is 14.2 Å². The molecule has 0 aliphatic carbocycles. The van der Waals surface area contributed by atoms with Gasteiger partial charge in [-0.05, 0) is 23.8 Å². The largest absolute Gasteiger partial charge is 0.496 e. The van der Waals surface area contributed by atoms with E-state index < -0.39 is 10.0 Å². The second kappa shape index (κ2) is 5.52. The SMILES string of the molecule is COc1ccccc1-c1ccc(OC)c(S(N)(=O)=O)c1. The van der Waals surface area contributed by atoms with Gasteiger partial charge in [0.2, 0.25) is 10.0 Å². The maximum atomic E-state index is 11.6. The Morgan fingerprint density at radius 2 is 1.60 bits per heavy atom. The van der Waals surface area contributed by atoms with Crippen LogP contribution in [0.15, 0.2) is 47.4 Å².